The van der Waals surface area contributed by atoms with Crippen LogP contribution in [0.1, 0.15) is 12.8 Å². The maximum absolute atomic E-state index is 12.8. The molecule has 2 rings (SSSR count). The summed E-state index contributed by atoms with van der Waals surface area (Å²) in [5.74, 6) is -0.392. The molecule has 0 saturated carbocycles. The molecule has 1 unspecified atom stereocenters. The fourth-order valence-corrected chi connectivity index (χ4v) is 6.09. The van der Waals surface area contributed by atoms with Gasteiger partial charge in [-0.3, -0.25) is 9.78 Å². The maximum Gasteiger partial charge on any atom is 0.325 e. The number of nitrogens with zero attached hydrogens (tertiary/aromatic N) is 1. The number of H-pyrrole nitrogens is 2. The van der Waals surface area contributed by atoms with Crippen molar-refractivity contribution in [1.29, 1.82) is 0 Å². The molecule has 1 atom stereocenters. The molecule has 1 aromatic heterocycles. The van der Waals surface area contributed by atoms with Crippen molar-refractivity contribution in [3.8, 4) is 0 Å². The van der Waals surface area contributed by atoms with Crippen LogP contribution < -0.4 is 11.2 Å². The van der Waals surface area contributed by atoms with Gasteiger partial charge in [0.05, 0.1) is 11.5 Å². The van der Waals surface area contributed by atoms with Gasteiger partial charge in [0.2, 0.25) is 10.0 Å². The van der Waals surface area contributed by atoms with E-state index in [1.165, 1.54) is 7.11 Å². The first-order valence-corrected chi connectivity index (χ1v) is 10.5. The highest BCUT2D eigenvalue weighted by molar-refractivity contribution is 7.92. The SMILES string of the molecule is COCCCN(C1CCS(=O)(=O)C1)S(=O)(=O)c1c[nH]c(=O)[nH]c1=O. The van der Waals surface area contributed by atoms with E-state index >= 15 is 0 Å². The predicted octanol–water partition coefficient (Wildman–Crippen LogP) is -1.72. The average molecular weight is 381 g/mol. The van der Waals surface area contributed by atoms with Gasteiger partial charge < -0.3 is 9.72 Å². The van der Waals surface area contributed by atoms with Crippen LogP contribution >= 0.6 is 0 Å². The number of rotatable bonds is 7. The average Bonchev–Trinajstić information content (AvgIpc) is 2.82. The number of ether oxygens (including phenoxy) is 1. The zero-order valence-electron chi connectivity index (χ0n) is 13.0. The van der Waals surface area contributed by atoms with Crippen molar-refractivity contribution in [2.75, 3.05) is 31.8 Å². The van der Waals surface area contributed by atoms with Gasteiger partial charge in [0.25, 0.3) is 5.56 Å². The van der Waals surface area contributed by atoms with Gasteiger partial charge in [-0.1, -0.05) is 0 Å². The Labute approximate surface area is 138 Å². The summed E-state index contributed by atoms with van der Waals surface area (Å²) in [6.45, 7) is 0.294. The van der Waals surface area contributed by atoms with E-state index in [0.29, 0.717) is 6.42 Å². The molecule has 10 nitrogen and oxygen atoms in total. The molecule has 0 spiro atoms. The van der Waals surface area contributed by atoms with Crippen LogP contribution in [0.4, 0.5) is 0 Å². The molecule has 24 heavy (non-hydrogen) atoms. The molecule has 136 valence electrons. The van der Waals surface area contributed by atoms with Crippen molar-refractivity contribution < 1.29 is 21.6 Å². The standard InChI is InChI=1S/C12H19N3O7S2/c1-22-5-2-4-15(9-3-6-23(18,19)8-9)24(20,21)10-7-13-12(17)14-11(10)16/h7,9H,2-6,8H2,1H3,(H2,13,14,16,17). The molecule has 1 aliphatic heterocycles. The third-order valence-electron chi connectivity index (χ3n) is 3.71. The number of nitrogens with one attached hydrogen (secondary N) is 2. The molecular formula is C12H19N3O7S2. The van der Waals surface area contributed by atoms with E-state index < -0.39 is 42.0 Å². The third kappa shape index (κ3) is 4.12. The van der Waals surface area contributed by atoms with Gasteiger partial charge in [0.1, 0.15) is 0 Å². The van der Waals surface area contributed by atoms with Gasteiger partial charge in [-0.05, 0) is 12.8 Å². The highest BCUT2D eigenvalue weighted by Gasteiger charge is 2.39. The lowest BCUT2D eigenvalue weighted by Crippen LogP contribution is -2.44. The number of sulfonamides is 1. The first-order valence-electron chi connectivity index (χ1n) is 7.20. The topological polar surface area (TPSA) is 146 Å². The van der Waals surface area contributed by atoms with Crippen molar-refractivity contribution in [2.24, 2.45) is 0 Å². The number of aromatic nitrogens is 2. The summed E-state index contributed by atoms with van der Waals surface area (Å²) in [6, 6.07) is -0.747. The zero-order valence-corrected chi connectivity index (χ0v) is 14.7. The molecule has 0 bridgehead atoms. The summed E-state index contributed by atoms with van der Waals surface area (Å²) < 4.78 is 54.9. The van der Waals surface area contributed by atoms with Crippen molar-refractivity contribution >= 4 is 19.9 Å². The van der Waals surface area contributed by atoms with Crippen LogP contribution in [0.3, 0.4) is 0 Å². The molecule has 2 heterocycles. The zero-order chi connectivity index (χ0) is 18.0. The Morgan fingerprint density at radius 3 is 2.62 bits per heavy atom. The van der Waals surface area contributed by atoms with Crippen LogP contribution in [-0.2, 0) is 24.6 Å². The summed E-state index contributed by atoms with van der Waals surface area (Å²) >= 11 is 0. The van der Waals surface area contributed by atoms with Crippen molar-refractivity contribution in [2.45, 2.75) is 23.8 Å². The summed E-state index contributed by atoms with van der Waals surface area (Å²) in [5.41, 5.74) is -1.87. The second-order valence-corrected chi connectivity index (χ2v) is 9.54. The molecule has 0 aromatic carbocycles. The molecule has 0 aliphatic carbocycles. The van der Waals surface area contributed by atoms with Crippen molar-refractivity contribution in [1.82, 2.24) is 14.3 Å². The summed E-state index contributed by atoms with van der Waals surface area (Å²) in [5, 5.41) is 0. The number of sulfone groups is 1. The van der Waals surface area contributed by atoms with E-state index in [2.05, 4.69) is 4.98 Å². The Kier molecular flexibility index (Phi) is 5.63. The smallest absolute Gasteiger partial charge is 0.325 e. The van der Waals surface area contributed by atoms with Crippen LogP contribution in [0.2, 0.25) is 0 Å². The quantitative estimate of drug-likeness (QED) is 0.534. The highest BCUT2D eigenvalue weighted by atomic mass is 32.2. The van der Waals surface area contributed by atoms with Crippen LogP contribution in [-0.4, -0.2) is 68.9 Å². The lowest BCUT2D eigenvalue weighted by Gasteiger charge is -2.26. The maximum atomic E-state index is 12.8. The van der Waals surface area contributed by atoms with Crippen LogP contribution in [0, 0.1) is 0 Å². The van der Waals surface area contributed by atoms with Gasteiger partial charge in [0.15, 0.2) is 14.7 Å². The second-order valence-electron chi connectivity index (χ2n) is 5.46. The minimum absolute atomic E-state index is 0.00886. The largest absolute Gasteiger partial charge is 0.385 e. The van der Waals surface area contributed by atoms with Crippen molar-refractivity contribution in [3.05, 3.63) is 27.0 Å². The number of aromatic amines is 2. The minimum atomic E-state index is -4.26. The Morgan fingerprint density at radius 2 is 2.08 bits per heavy atom. The molecule has 2 N–H and O–H groups in total. The van der Waals surface area contributed by atoms with Crippen LogP contribution in [0.15, 0.2) is 20.7 Å². The Hall–Kier alpha value is -1.50. The molecule has 12 heteroatoms. The summed E-state index contributed by atoms with van der Waals surface area (Å²) in [4.78, 5) is 26.3. The lowest BCUT2D eigenvalue weighted by molar-refractivity contribution is 0.183. The van der Waals surface area contributed by atoms with Gasteiger partial charge in [-0.15, -0.1) is 0 Å². The van der Waals surface area contributed by atoms with E-state index in [1.807, 2.05) is 4.98 Å². The fourth-order valence-electron chi connectivity index (χ4n) is 2.58. The van der Waals surface area contributed by atoms with E-state index in [-0.39, 0.29) is 31.1 Å². The van der Waals surface area contributed by atoms with Crippen LogP contribution in [0.5, 0.6) is 0 Å². The van der Waals surface area contributed by atoms with E-state index in [1.54, 1.807) is 0 Å². The molecule has 1 aliphatic rings. The first kappa shape index (κ1) is 18.8. The second kappa shape index (κ2) is 7.17. The predicted molar refractivity (Wildman–Crippen MR) is 85.1 cm³/mol. The number of hydrogen-bond donors (Lipinski definition) is 2. The molecule has 1 fully saturated rings. The van der Waals surface area contributed by atoms with Gasteiger partial charge >= 0.3 is 5.69 Å². The third-order valence-corrected chi connectivity index (χ3v) is 7.42. The van der Waals surface area contributed by atoms with Gasteiger partial charge in [-0.2, -0.15) is 4.31 Å². The molecule has 1 saturated heterocycles. The minimum Gasteiger partial charge on any atom is -0.385 e. The summed E-state index contributed by atoms with van der Waals surface area (Å²) in [7, 11) is -6.11. The first-order chi connectivity index (χ1) is 11.2. The Balaban J connectivity index is 2.41. The Morgan fingerprint density at radius 1 is 1.38 bits per heavy atom. The van der Waals surface area contributed by atoms with Gasteiger partial charge in [0, 0.05) is 32.5 Å². The van der Waals surface area contributed by atoms with Crippen molar-refractivity contribution in [3.63, 3.8) is 0 Å². The fraction of sp³-hybridized carbons (Fsp3) is 0.667. The molecule has 1 aromatic rings. The molecule has 0 amide bonds. The molecular weight excluding hydrogens is 362 g/mol. The summed E-state index contributed by atoms with van der Waals surface area (Å²) in [6.07, 6.45) is 1.33. The normalized spacial score (nSPS) is 20.5. The highest BCUT2D eigenvalue weighted by Crippen LogP contribution is 2.23. The molecule has 0 radical (unpaired) electrons. The monoisotopic (exact) mass is 381 g/mol. The number of hydrogen-bond acceptors (Lipinski definition) is 7. The van der Waals surface area contributed by atoms with Gasteiger partial charge in [-0.25, -0.2) is 21.6 Å². The Bertz CT molecular complexity index is 901. The van der Waals surface area contributed by atoms with E-state index in [4.69, 9.17) is 4.74 Å². The number of methoxy groups -OCH3 is 1. The van der Waals surface area contributed by atoms with Crippen LogP contribution in [0.25, 0.3) is 0 Å². The lowest BCUT2D eigenvalue weighted by atomic mass is 10.2. The van der Waals surface area contributed by atoms with E-state index in [0.717, 1.165) is 10.5 Å². The van der Waals surface area contributed by atoms with E-state index in [9.17, 15) is 26.4 Å².